The van der Waals surface area contributed by atoms with Crippen LogP contribution in [0.3, 0.4) is 0 Å². The first kappa shape index (κ1) is 18.0. The van der Waals surface area contributed by atoms with E-state index in [1.165, 1.54) is 0 Å². The Labute approximate surface area is 134 Å². The molecule has 3 nitrogen and oxygen atoms in total. The molecule has 118 valence electrons. The number of hydrogen-bond donors (Lipinski definition) is 1. The minimum absolute atomic E-state index is 0. The minimum atomic E-state index is 0. The quantitative estimate of drug-likeness (QED) is 0.908. The molecule has 1 aliphatic carbocycles. The normalized spacial score (nSPS) is 18.7. The monoisotopic (exact) mass is 310 g/mol. The van der Waals surface area contributed by atoms with Crippen molar-refractivity contribution in [3.8, 4) is 0 Å². The topological polar surface area (TPSA) is 46.3 Å². The zero-order valence-corrected chi connectivity index (χ0v) is 14.2. The Balaban J connectivity index is 0.00000220. The van der Waals surface area contributed by atoms with Crippen molar-refractivity contribution in [2.75, 3.05) is 13.1 Å². The second-order valence-corrected chi connectivity index (χ2v) is 6.91. The lowest BCUT2D eigenvalue weighted by molar-refractivity contribution is -0.134. The van der Waals surface area contributed by atoms with Gasteiger partial charge >= 0.3 is 0 Å². The second-order valence-electron chi connectivity index (χ2n) is 6.91. The lowest BCUT2D eigenvalue weighted by Crippen LogP contribution is -2.37. The summed E-state index contributed by atoms with van der Waals surface area (Å²) >= 11 is 0. The zero-order chi connectivity index (χ0) is 15.0. The third-order valence-corrected chi connectivity index (χ3v) is 5.19. The molecular weight excluding hydrogens is 284 g/mol. The molecule has 2 N–H and O–H groups in total. The molecule has 0 saturated heterocycles. The van der Waals surface area contributed by atoms with Crippen molar-refractivity contribution in [2.45, 2.75) is 34.2 Å². The highest BCUT2D eigenvalue weighted by Crippen LogP contribution is 2.68. The van der Waals surface area contributed by atoms with Crippen molar-refractivity contribution in [1.29, 1.82) is 0 Å². The van der Waals surface area contributed by atoms with Gasteiger partial charge in [-0.1, -0.05) is 58.0 Å². The number of halogens is 1. The highest BCUT2D eigenvalue weighted by Gasteiger charge is 2.68. The van der Waals surface area contributed by atoms with Gasteiger partial charge in [0.2, 0.25) is 5.91 Å². The summed E-state index contributed by atoms with van der Waals surface area (Å²) in [5.41, 5.74) is 6.99. The fourth-order valence-corrected chi connectivity index (χ4v) is 3.22. The third-order valence-electron chi connectivity index (χ3n) is 5.19. The van der Waals surface area contributed by atoms with E-state index in [4.69, 9.17) is 5.73 Å². The highest BCUT2D eigenvalue weighted by molar-refractivity contribution is 5.85. The number of amides is 1. The molecule has 0 radical (unpaired) electrons. The first-order chi connectivity index (χ1) is 9.32. The maximum absolute atomic E-state index is 12.8. The molecule has 0 aliphatic heterocycles. The van der Waals surface area contributed by atoms with Crippen LogP contribution >= 0.6 is 12.4 Å². The Morgan fingerprint density at radius 3 is 2.10 bits per heavy atom. The molecule has 0 heterocycles. The first-order valence-corrected chi connectivity index (χ1v) is 7.35. The van der Waals surface area contributed by atoms with Crippen molar-refractivity contribution in [1.82, 2.24) is 4.90 Å². The standard InChI is InChI=1S/C17H26N2O.ClH/c1-16(2)14(17(16,3)4)15(20)19(11-10-18)12-13-8-6-5-7-9-13;/h5-9,14H,10-12,18H2,1-4H3;1H. The minimum Gasteiger partial charge on any atom is -0.337 e. The Hall–Kier alpha value is -1.06. The predicted molar refractivity (Wildman–Crippen MR) is 89.2 cm³/mol. The van der Waals surface area contributed by atoms with Crippen molar-refractivity contribution in [2.24, 2.45) is 22.5 Å². The van der Waals surface area contributed by atoms with Gasteiger partial charge in [0.15, 0.2) is 0 Å². The highest BCUT2D eigenvalue weighted by atomic mass is 35.5. The van der Waals surface area contributed by atoms with Gasteiger partial charge in [-0.05, 0) is 16.4 Å². The van der Waals surface area contributed by atoms with E-state index in [1.54, 1.807) is 0 Å². The average molecular weight is 311 g/mol. The Morgan fingerprint density at radius 1 is 1.14 bits per heavy atom. The summed E-state index contributed by atoms with van der Waals surface area (Å²) in [6, 6.07) is 10.1. The molecule has 2 rings (SSSR count). The van der Waals surface area contributed by atoms with E-state index in [1.807, 2.05) is 23.1 Å². The van der Waals surface area contributed by atoms with Crippen molar-refractivity contribution >= 4 is 18.3 Å². The Kier molecular flexibility index (Phi) is 5.46. The molecule has 0 aromatic heterocycles. The number of nitrogens with two attached hydrogens (primary N) is 1. The molecule has 0 bridgehead atoms. The summed E-state index contributed by atoms with van der Waals surface area (Å²) in [5, 5.41) is 0. The summed E-state index contributed by atoms with van der Waals surface area (Å²) in [6.07, 6.45) is 0. The maximum atomic E-state index is 12.8. The van der Waals surface area contributed by atoms with Crippen LogP contribution in [-0.2, 0) is 11.3 Å². The van der Waals surface area contributed by atoms with E-state index in [0.29, 0.717) is 19.6 Å². The lowest BCUT2D eigenvalue weighted by atomic mass is 10.0. The molecule has 1 aliphatic rings. The van der Waals surface area contributed by atoms with E-state index in [0.717, 1.165) is 5.56 Å². The molecule has 0 atom stereocenters. The van der Waals surface area contributed by atoms with Gasteiger partial charge in [-0.15, -0.1) is 12.4 Å². The molecule has 4 heteroatoms. The fourth-order valence-electron chi connectivity index (χ4n) is 3.22. The van der Waals surface area contributed by atoms with Gasteiger partial charge in [0.25, 0.3) is 0 Å². The smallest absolute Gasteiger partial charge is 0.227 e. The predicted octanol–water partition coefficient (Wildman–Crippen LogP) is 3.08. The van der Waals surface area contributed by atoms with Crippen LogP contribution in [0, 0.1) is 16.7 Å². The van der Waals surface area contributed by atoms with Crippen LogP contribution in [-0.4, -0.2) is 23.9 Å². The summed E-state index contributed by atoms with van der Waals surface area (Å²) in [4.78, 5) is 14.7. The van der Waals surface area contributed by atoms with Crippen LogP contribution in [0.5, 0.6) is 0 Å². The molecule has 1 amide bonds. The zero-order valence-electron chi connectivity index (χ0n) is 13.4. The molecule has 0 unspecified atom stereocenters. The third kappa shape index (κ3) is 3.24. The average Bonchev–Trinajstić information content (AvgIpc) is 2.80. The molecule has 1 fully saturated rings. The molecule has 1 aromatic rings. The Morgan fingerprint density at radius 2 is 1.67 bits per heavy atom. The number of nitrogens with zero attached hydrogens (tertiary/aromatic N) is 1. The number of benzene rings is 1. The van der Waals surface area contributed by atoms with Gasteiger partial charge in [0.05, 0.1) is 0 Å². The molecule has 21 heavy (non-hydrogen) atoms. The summed E-state index contributed by atoms with van der Waals surface area (Å²) < 4.78 is 0. The number of rotatable bonds is 5. The largest absolute Gasteiger partial charge is 0.337 e. The molecule has 1 aromatic carbocycles. The molecule has 0 spiro atoms. The van der Waals surface area contributed by atoms with E-state index < -0.39 is 0 Å². The van der Waals surface area contributed by atoms with Crippen LogP contribution < -0.4 is 5.73 Å². The summed E-state index contributed by atoms with van der Waals surface area (Å²) in [6.45, 7) is 10.5. The fraction of sp³-hybridized carbons (Fsp3) is 0.588. The van der Waals surface area contributed by atoms with Crippen LogP contribution in [0.25, 0.3) is 0 Å². The van der Waals surface area contributed by atoms with Crippen molar-refractivity contribution < 1.29 is 4.79 Å². The molecule has 1 saturated carbocycles. The van der Waals surface area contributed by atoms with Gasteiger partial charge in [0, 0.05) is 25.6 Å². The van der Waals surface area contributed by atoms with Gasteiger partial charge < -0.3 is 10.6 Å². The van der Waals surface area contributed by atoms with Crippen LogP contribution in [0.4, 0.5) is 0 Å². The maximum Gasteiger partial charge on any atom is 0.227 e. The van der Waals surface area contributed by atoms with Crippen molar-refractivity contribution in [3.63, 3.8) is 0 Å². The summed E-state index contributed by atoms with van der Waals surface area (Å²) in [5.74, 6) is 0.347. The van der Waals surface area contributed by atoms with E-state index in [-0.39, 0.29) is 35.1 Å². The van der Waals surface area contributed by atoms with Gasteiger partial charge in [0.1, 0.15) is 0 Å². The number of carbonyl (C=O) groups is 1. The van der Waals surface area contributed by atoms with Gasteiger partial charge in [-0.25, -0.2) is 0 Å². The van der Waals surface area contributed by atoms with Crippen LogP contribution in [0.1, 0.15) is 33.3 Å². The van der Waals surface area contributed by atoms with Gasteiger partial charge in [-0.3, -0.25) is 4.79 Å². The van der Waals surface area contributed by atoms with E-state index in [2.05, 4.69) is 39.8 Å². The van der Waals surface area contributed by atoms with Crippen molar-refractivity contribution in [3.05, 3.63) is 35.9 Å². The summed E-state index contributed by atoms with van der Waals surface area (Å²) in [7, 11) is 0. The van der Waals surface area contributed by atoms with Crippen LogP contribution in [0.15, 0.2) is 30.3 Å². The first-order valence-electron chi connectivity index (χ1n) is 7.35. The van der Waals surface area contributed by atoms with Crippen LogP contribution in [0.2, 0.25) is 0 Å². The number of carbonyl (C=O) groups excluding carboxylic acids is 1. The van der Waals surface area contributed by atoms with Gasteiger partial charge in [-0.2, -0.15) is 0 Å². The van der Waals surface area contributed by atoms with E-state index >= 15 is 0 Å². The number of hydrogen-bond acceptors (Lipinski definition) is 2. The molecular formula is C17H27ClN2O. The Bertz CT molecular complexity index is 471. The lowest BCUT2D eigenvalue weighted by Gasteiger charge is -2.23. The van der Waals surface area contributed by atoms with E-state index in [9.17, 15) is 4.79 Å². The second kappa shape index (κ2) is 6.37. The SMILES string of the molecule is CC1(C)C(C(=O)N(CCN)Cc2ccccc2)C1(C)C.Cl.